The largest absolute Gasteiger partial charge is 0.326 e. The van der Waals surface area contributed by atoms with E-state index in [-0.39, 0.29) is 5.54 Å². The Bertz CT molecular complexity index is 170. The summed E-state index contributed by atoms with van der Waals surface area (Å²) in [6.45, 7) is 9.03. The molecule has 1 heterocycles. The number of hydrogen-bond acceptors (Lipinski definition) is 2. The molecule has 1 aliphatic rings. The second kappa shape index (κ2) is 5.86. The van der Waals surface area contributed by atoms with Crippen molar-refractivity contribution in [2.75, 3.05) is 13.1 Å². The van der Waals surface area contributed by atoms with Crippen LogP contribution in [0.25, 0.3) is 0 Å². The van der Waals surface area contributed by atoms with E-state index in [2.05, 4.69) is 25.7 Å². The molecule has 0 bridgehead atoms. The smallest absolute Gasteiger partial charge is 0.0109 e. The molecular weight excluding hydrogens is 184 g/mol. The highest BCUT2D eigenvalue weighted by molar-refractivity contribution is 4.80. The summed E-state index contributed by atoms with van der Waals surface area (Å²) in [5.41, 5.74) is 6.04. The van der Waals surface area contributed by atoms with Crippen LogP contribution in [-0.4, -0.2) is 29.6 Å². The predicted octanol–water partition coefficient (Wildman–Crippen LogP) is 2.77. The van der Waals surface area contributed by atoms with E-state index in [0.29, 0.717) is 0 Å². The van der Waals surface area contributed by atoms with E-state index in [1.165, 1.54) is 45.2 Å². The molecule has 2 heteroatoms. The monoisotopic (exact) mass is 212 g/mol. The molecule has 0 spiro atoms. The van der Waals surface area contributed by atoms with Crippen molar-refractivity contribution in [1.29, 1.82) is 0 Å². The summed E-state index contributed by atoms with van der Waals surface area (Å²) < 4.78 is 0. The summed E-state index contributed by atoms with van der Waals surface area (Å²) in [5, 5.41) is 0. The van der Waals surface area contributed by atoms with Gasteiger partial charge in [-0.3, -0.25) is 0 Å². The summed E-state index contributed by atoms with van der Waals surface area (Å²) in [6, 6.07) is 0.839. The van der Waals surface area contributed by atoms with Crippen molar-refractivity contribution in [2.24, 2.45) is 5.73 Å². The van der Waals surface area contributed by atoms with Crippen LogP contribution >= 0.6 is 0 Å². The number of rotatable bonds is 5. The Hall–Kier alpha value is -0.0800. The van der Waals surface area contributed by atoms with Crippen molar-refractivity contribution in [3.63, 3.8) is 0 Å². The van der Waals surface area contributed by atoms with Crippen LogP contribution in [0.2, 0.25) is 0 Å². The molecule has 0 amide bonds. The normalized spacial score (nSPS) is 24.4. The van der Waals surface area contributed by atoms with Gasteiger partial charge in [-0.15, -0.1) is 0 Å². The van der Waals surface area contributed by atoms with E-state index in [1.807, 2.05) is 0 Å². The second-order valence-corrected chi connectivity index (χ2v) is 5.71. The molecule has 1 rings (SSSR count). The van der Waals surface area contributed by atoms with Crippen LogP contribution in [0.4, 0.5) is 0 Å². The van der Waals surface area contributed by atoms with Crippen molar-refractivity contribution < 1.29 is 0 Å². The fourth-order valence-corrected chi connectivity index (χ4v) is 2.45. The third-order valence-electron chi connectivity index (χ3n) is 3.41. The zero-order valence-electron chi connectivity index (χ0n) is 10.8. The fraction of sp³-hybridized carbons (Fsp3) is 1.00. The lowest BCUT2D eigenvalue weighted by Gasteiger charge is -2.37. The summed E-state index contributed by atoms with van der Waals surface area (Å²) in [7, 11) is 0. The fourth-order valence-electron chi connectivity index (χ4n) is 2.45. The molecule has 0 aromatic rings. The number of piperidine rings is 1. The van der Waals surface area contributed by atoms with Gasteiger partial charge in [0, 0.05) is 18.1 Å². The molecule has 2 N–H and O–H groups in total. The lowest BCUT2D eigenvalue weighted by Crippen LogP contribution is -2.44. The molecule has 0 aromatic carbocycles. The molecule has 0 saturated carbocycles. The van der Waals surface area contributed by atoms with Gasteiger partial charge in [-0.25, -0.2) is 0 Å². The van der Waals surface area contributed by atoms with Crippen LogP contribution in [0.15, 0.2) is 0 Å². The Morgan fingerprint density at radius 3 is 2.67 bits per heavy atom. The topological polar surface area (TPSA) is 29.3 Å². The Morgan fingerprint density at radius 1 is 1.33 bits per heavy atom. The first-order valence-corrected chi connectivity index (χ1v) is 6.56. The number of nitrogens with zero attached hydrogens (tertiary/aromatic N) is 1. The molecule has 0 radical (unpaired) electrons. The van der Waals surface area contributed by atoms with Gasteiger partial charge >= 0.3 is 0 Å². The zero-order valence-corrected chi connectivity index (χ0v) is 10.8. The Balaban J connectivity index is 2.35. The van der Waals surface area contributed by atoms with E-state index in [1.54, 1.807) is 0 Å². The van der Waals surface area contributed by atoms with Crippen LogP contribution in [0.5, 0.6) is 0 Å². The van der Waals surface area contributed by atoms with E-state index in [4.69, 9.17) is 5.73 Å². The van der Waals surface area contributed by atoms with Gasteiger partial charge in [-0.1, -0.05) is 19.8 Å². The van der Waals surface area contributed by atoms with Crippen molar-refractivity contribution in [2.45, 2.75) is 70.9 Å². The molecule has 1 aliphatic heterocycles. The molecule has 1 saturated heterocycles. The maximum Gasteiger partial charge on any atom is 0.0109 e. The Morgan fingerprint density at radius 2 is 2.07 bits per heavy atom. The zero-order chi connectivity index (χ0) is 11.3. The van der Waals surface area contributed by atoms with Crippen molar-refractivity contribution in [1.82, 2.24) is 4.90 Å². The number of nitrogens with two attached hydrogens (primary N) is 1. The maximum atomic E-state index is 6.05. The number of hydrogen-bond donors (Lipinski definition) is 1. The van der Waals surface area contributed by atoms with Gasteiger partial charge in [0.25, 0.3) is 0 Å². The first-order chi connectivity index (χ1) is 7.03. The lowest BCUT2D eigenvalue weighted by atomic mass is 9.96. The third-order valence-corrected chi connectivity index (χ3v) is 3.41. The van der Waals surface area contributed by atoms with Crippen LogP contribution in [-0.2, 0) is 0 Å². The lowest BCUT2D eigenvalue weighted by molar-refractivity contribution is 0.130. The summed E-state index contributed by atoms with van der Waals surface area (Å²) in [4.78, 5) is 2.67. The second-order valence-electron chi connectivity index (χ2n) is 5.71. The minimum Gasteiger partial charge on any atom is -0.326 e. The Kier molecular flexibility index (Phi) is 5.07. The molecule has 0 aromatic heterocycles. The van der Waals surface area contributed by atoms with Crippen molar-refractivity contribution in [3.8, 4) is 0 Å². The minimum atomic E-state index is -0.00574. The average Bonchev–Trinajstić information content (AvgIpc) is 2.16. The van der Waals surface area contributed by atoms with E-state index < -0.39 is 0 Å². The van der Waals surface area contributed by atoms with Crippen molar-refractivity contribution >= 4 is 0 Å². The molecule has 90 valence electrons. The molecule has 1 atom stereocenters. The van der Waals surface area contributed by atoms with Crippen LogP contribution in [0.1, 0.15) is 59.3 Å². The van der Waals surface area contributed by atoms with Crippen molar-refractivity contribution in [3.05, 3.63) is 0 Å². The first kappa shape index (κ1) is 13.0. The summed E-state index contributed by atoms with van der Waals surface area (Å²) in [5.74, 6) is 0. The number of likely N-dealkylation sites (tertiary alicyclic amines) is 1. The van der Waals surface area contributed by atoms with Gasteiger partial charge in [-0.05, 0) is 46.1 Å². The summed E-state index contributed by atoms with van der Waals surface area (Å²) >= 11 is 0. The molecular formula is C13H28N2. The average molecular weight is 212 g/mol. The molecule has 1 fully saturated rings. The van der Waals surface area contributed by atoms with Gasteiger partial charge in [0.1, 0.15) is 0 Å². The van der Waals surface area contributed by atoms with Gasteiger partial charge in [0.05, 0.1) is 0 Å². The Labute approximate surface area is 95.2 Å². The van der Waals surface area contributed by atoms with Gasteiger partial charge in [0.15, 0.2) is 0 Å². The highest BCUT2D eigenvalue weighted by Crippen LogP contribution is 2.21. The highest BCUT2D eigenvalue weighted by atomic mass is 15.2. The molecule has 0 aliphatic carbocycles. The molecule has 15 heavy (non-hydrogen) atoms. The SMILES string of the molecule is CCCC1CCCCN1CCC(C)(C)N. The first-order valence-electron chi connectivity index (χ1n) is 6.56. The van der Waals surface area contributed by atoms with E-state index >= 15 is 0 Å². The van der Waals surface area contributed by atoms with Gasteiger partial charge in [-0.2, -0.15) is 0 Å². The standard InChI is InChI=1S/C13H28N2/c1-4-7-12-8-5-6-10-15(12)11-9-13(2,3)14/h12H,4-11,14H2,1-3H3. The quantitative estimate of drug-likeness (QED) is 0.759. The minimum absolute atomic E-state index is 0.00574. The van der Waals surface area contributed by atoms with E-state index in [9.17, 15) is 0 Å². The molecule has 1 unspecified atom stereocenters. The third kappa shape index (κ3) is 4.98. The van der Waals surface area contributed by atoms with Gasteiger partial charge < -0.3 is 10.6 Å². The van der Waals surface area contributed by atoms with E-state index in [0.717, 1.165) is 12.5 Å². The molecule has 2 nitrogen and oxygen atoms in total. The highest BCUT2D eigenvalue weighted by Gasteiger charge is 2.22. The predicted molar refractivity (Wildman–Crippen MR) is 67.0 cm³/mol. The van der Waals surface area contributed by atoms with Crippen LogP contribution in [0, 0.1) is 0 Å². The van der Waals surface area contributed by atoms with Gasteiger partial charge in [0.2, 0.25) is 0 Å². The van der Waals surface area contributed by atoms with Crippen LogP contribution in [0.3, 0.4) is 0 Å². The maximum absolute atomic E-state index is 6.05. The van der Waals surface area contributed by atoms with Crippen LogP contribution < -0.4 is 5.73 Å². The summed E-state index contributed by atoms with van der Waals surface area (Å²) in [6.07, 6.45) is 8.00.